The van der Waals surface area contributed by atoms with E-state index in [4.69, 9.17) is 4.84 Å². The van der Waals surface area contributed by atoms with Crippen molar-refractivity contribution in [1.29, 1.82) is 0 Å². The Morgan fingerprint density at radius 1 is 1.07 bits per heavy atom. The number of carbonyl (C=O) groups is 1. The first-order chi connectivity index (χ1) is 19.3. The summed E-state index contributed by atoms with van der Waals surface area (Å²) in [4.78, 5) is 31.9. The highest BCUT2D eigenvalue weighted by Gasteiger charge is 2.39. The lowest BCUT2D eigenvalue weighted by Gasteiger charge is -2.36. The van der Waals surface area contributed by atoms with Crippen LogP contribution in [-0.2, 0) is 21.7 Å². The number of thiazole rings is 1. The van der Waals surface area contributed by atoms with Crippen molar-refractivity contribution in [3.63, 3.8) is 0 Å². The molecule has 0 amide bonds. The summed E-state index contributed by atoms with van der Waals surface area (Å²) in [6, 6.07) is 17.7. The molecule has 1 aliphatic carbocycles. The summed E-state index contributed by atoms with van der Waals surface area (Å²) in [5, 5.41) is 15.6. The van der Waals surface area contributed by atoms with E-state index < -0.39 is 5.60 Å². The highest BCUT2D eigenvalue weighted by Crippen LogP contribution is 2.42. The van der Waals surface area contributed by atoms with Crippen molar-refractivity contribution in [1.82, 2.24) is 20.4 Å². The van der Waals surface area contributed by atoms with Gasteiger partial charge in [-0.2, -0.15) is 5.48 Å². The van der Waals surface area contributed by atoms with Gasteiger partial charge in [0.2, 0.25) is 5.95 Å². The molecule has 1 atom stereocenters. The van der Waals surface area contributed by atoms with Crippen molar-refractivity contribution in [2.24, 2.45) is 5.92 Å². The minimum Gasteiger partial charge on any atom is -0.383 e. The number of carbonyl (C=O) groups excluding carboxylic acids is 1. The maximum atomic E-state index is 12.2. The largest absolute Gasteiger partial charge is 0.383 e. The van der Waals surface area contributed by atoms with Crippen LogP contribution in [0.2, 0.25) is 0 Å². The van der Waals surface area contributed by atoms with Gasteiger partial charge in [0.1, 0.15) is 10.6 Å². The average Bonchev–Trinajstić information content (AvgIpc) is 3.44. The van der Waals surface area contributed by atoms with Gasteiger partial charge in [0.15, 0.2) is 0 Å². The van der Waals surface area contributed by atoms with Crippen molar-refractivity contribution in [2.75, 3.05) is 5.32 Å². The quantitative estimate of drug-likeness (QED) is 0.215. The third-order valence-electron chi connectivity index (χ3n) is 7.40. The van der Waals surface area contributed by atoms with Crippen LogP contribution in [0.25, 0.3) is 10.4 Å². The lowest BCUT2D eigenvalue weighted by molar-refractivity contribution is -0.153. The first-order valence-electron chi connectivity index (χ1n) is 13.6. The van der Waals surface area contributed by atoms with Gasteiger partial charge in [0.05, 0.1) is 11.3 Å². The number of anilines is 2. The summed E-state index contributed by atoms with van der Waals surface area (Å²) in [7, 11) is 0. The number of aliphatic hydroxyl groups is 1. The Labute approximate surface area is 238 Å². The fraction of sp³-hybridized carbons (Fsp3) is 0.355. The molecule has 0 spiro atoms. The second-order valence-corrected chi connectivity index (χ2v) is 11.7. The number of aromatic nitrogens is 3. The van der Waals surface area contributed by atoms with Gasteiger partial charge in [-0.05, 0) is 87.3 Å². The normalized spacial score (nSPS) is 18.6. The zero-order valence-electron chi connectivity index (χ0n) is 23.1. The molecule has 2 heterocycles. The number of benzene rings is 2. The number of hydrogen-bond donors (Lipinski definition) is 3. The number of nitrogens with one attached hydrogen (secondary N) is 2. The Bertz CT molecular complexity index is 1450. The van der Waals surface area contributed by atoms with E-state index in [1.54, 1.807) is 6.20 Å². The molecular weight excluding hydrogens is 522 g/mol. The first-order valence-corrected chi connectivity index (χ1v) is 14.4. The van der Waals surface area contributed by atoms with E-state index in [2.05, 4.69) is 50.9 Å². The Morgan fingerprint density at radius 2 is 1.85 bits per heavy atom. The molecule has 1 unspecified atom stereocenters. The van der Waals surface area contributed by atoms with E-state index in [1.165, 1.54) is 11.3 Å². The molecule has 8 nitrogen and oxygen atoms in total. The van der Waals surface area contributed by atoms with Gasteiger partial charge < -0.3 is 15.3 Å². The lowest BCUT2D eigenvalue weighted by atomic mass is 9.76. The molecular formula is C31H35N5O3S. The molecule has 1 fully saturated rings. The number of aryl methyl sites for hydroxylation is 2. The van der Waals surface area contributed by atoms with Crippen LogP contribution in [-0.4, -0.2) is 32.1 Å². The second-order valence-electron chi connectivity index (χ2n) is 10.7. The van der Waals surface area contributed by atoms with Crippen molar-refractivity contribution in [3.8, 4) is 10.4 Å². The fourth-order valence-electron chi connectivity index (χ4n) is 5.17. The third kappa shape index (κ3) is 6.91. The minimum absolute atomic E-state index is 0.0674. The summed E-state index contributed by atoms with van der Waals surface area (Å²) >= 11 is 1.52. The molecule has 1 saturated carbocycles. The molecule has 5 rings (SSSR count). The topological polar surface area (TPSA) is 109 Å². The lowest BCUT2D eigenvalue weighted by Crippen LogP contribution is -2.40. The van der Waals surface area contributed by atoms with Gasteiger partial charge in [-0.1, -0.05) is 36.4 Å². The number of hydrogen-bond acceptors (Lipinski definition) is 9. The first kappa shape index (κ1) is 27.9. The van der Waals surface area contributed by atoms with E-state index in [0.717, 1.165) is 58.6 Å². The molecule has 2 aromatic heterocycles. The Balaban J connectivity index is 1.18. The second kappa shape index (κ2) is 12.2. The number of nitrogens with zero attached hydrogens (tertiary/aromatic N) is 3. The van der Waals surface area contributed by atoms with Crippen LogP contribution >= 0.6 is 11.3 Å². The summed E-state index contributed by atoms with van der Waals surface area (Å²) in [6.07, 6.45) is 7.06. The van der Waals surface area contributed by atoms with Crippen LogP contribution in [0, 0.1) is 19.8 Å². The molecule has 0 bridgehead atoms. The molecule has 0 aliphatic heterocycles. The summed E-state index contributed by atoms with van der Waals surface area (Å²) < 4.78 is 0. The predicted molar refractivity (Wildman–Crippen MR) is 157 cm³/mol. The maximum absolute atomic E-state index is 12.2. The van der Waals surface area contributed by atoms with Gasteiger partial charge in [0.25, 0.3) is 0 Å². The van der Waals surface area contributed by atoms with Crippen molar-refractivity contribution in [3.05, 3.63) is 88.8 Å². The summed E-state index contributed by atoms with van der Waals surface area (Å²) in [6.45, 7) is 5.85. The molecule has 0 radical (unpaired) electrons. The molecule has 9 heteroatoms. The van der Waals surface area contributed by atoms with E-state index in [1.807, 2.05) is 56.4 Å². The van der Waals surface area contributed by atoms with Gasteiger partial charge in [-0.3, -0.25) is 4.79 Å². The third-order valence-corrected chi connectivity index (χ3v) is 8.68. The van der Waals surface area contributed by atoms with Crippen LogP contribution in [0.4, 0.5) is 11.6 Å². The highest BCUT2D eigenvalue weighted by atomic mass is 32.1. The zero-order valence-corrected chi connectivity index (χ0v) is 23.9. The van der Waals surface area contributed by atoms with Crippen molar-refractivity contribution < 1.29 is 14.7 Å². The Hall–Kier alpha value is -3.66. The molecule has 4 aromatic rings. The molecule has 2 aromatic carbocycles. The van der Waals surface area contributed by atoms with Crippen LogP contribution in [0.3, 0.4) is 0 Å². The van der Waals surface area contributed by atoms with E-state index in [-0.39, 0.29) is 24.3 Å². The standard InChI is InChI=1S/C31H35N5O3S/c1-20-15-23(18-26(16-20)35-30-32-14-13-21(2)34-30)27-19-33-29(40-27)31(3,38)24-9-11-25(12-10-24)36-39-28(37)17-22-7-5-4-6-8-22/h4-8,13-16,18-19,24-25,36,38H,9-12,17H2,1-3H3,(H,32,34,35). The van der Waals surface area contributed by atoms with Crippen LogP contribution in [0.1, 0.15) is 54.4 Å². The SMILES string of the molecule is Cc1cc(Nc2nccc(C)n2)cc(-c2cnc(C(C)(O)C3CCC(NOC(=O)Cc4ccccc4)CC3)s2)c1. The summed E-state index contributed by atoms with van der Waals surface area (Å²) in [5.74, 6) is 0.329. The number of hydroxylamine groups is 1. The Kier molecular flexibility index (Phi) is 8.54. The molecule has 3 N–H and O–H groups in total. The molecule has 208 valence electrons. The van der Waals surface area contributed by atoms with Crippen molar-refractivity contribution >= 4 is 28.9 Å². The molecule has 1 aliphatic rings. The highest BCUT2D eigenvalue weighted by molar-refractivity contribution is 7.15. The van der Waals surface area contributed by atoms with Crippen LogP contribution in [0.5, 0.6) is 0 Å². The zero-order chi connectivity index (χ0) is 28.1. The smallest absolute Gasteiger partial charge is 0.329 e. The summed E-state index contributed by atoms with van der Waals surface area (Å²) in [5.41, 5.74) is 6.76. The number of rotatable bonds is 9. The maximum Gasteiger partial charge on any atom is 0.329 e. The monoisotopic (exact) mass is 557 g/mol. The Morgan fingerprint density at radius 3 is 2.60 bits per heavy atom. The average molecular weight is 558 g/mol. The van der Waals surface area contributed by atoms with E-state index >= 15 is 0 Å². The fourth-order valence-corrected chi connectivity index (χ4v) is 6.20. The van der Waals surface area contributed by atoms with Crippen molar-refractivity contribution in [2.45, 2.75) is 64.5 Å². The van der Waals surface area contributed by atoms with Crippen LogP contribution < -0.4 is 10.8 Å². The molecule has 0 saturated heterocycles. The predicted octanol–water partition coefficient (Wildman–Crippen LogP) is 6.02. The van der Waals surface area contributed by atoms with Gasteiger partial charge in [-0.25, -0.2) is 15.0 Å². The van der Waals surface area contributed by atoms with Gasteiger partial charge >= 0.3 is 5.97 Å². The minimum atomic E-state index is -1.04. The van der Waals surface area contributed by atoms with Crippen LogP contribution in [0.15, 0.2) is 67.0 Å². The van der Waals surface area contributed by atoms with Gasteiger partial charge in [0, 0.05) is 29.8 Å². The van der Waals surface area contributed by atoms with E-state index in [0.29, 0.717) is 11.0 Å². The molecule has 40 heavy (non-hydrogen) atoms. The van der Waals surface area contributed by atoms with E-state index in [9.17, 15) is 9.90 Å². The van der Waals surface area contributed by atoms with Gasteiger partial charge in [-0.15, -0.1) is 11.3 Å².